The molecule has 2 heterocycles. The summed E-state index contributed by atoms with van der Waals surface area (Å²) in [7, 11) is 0. The average Bonchev–Trinajstić information content (AvgIpc) is 2.95. The zero-order chi connectivity index (χ0) is 17.4. The Morgan fingerprint density at radius 1 is 0.880 bits per heavy atom. The zero-order valence-electron chi connectivity index (χ0n) is 14.2. The highest BCUT2D eigenvalue weighted by Crippen LogP contribution is 2.36. The van der Waals surface area contributed by atoms with Gasteiger partial charge in [-0.15, -0.1) is 0 Å². The van der Waals surface area contributed by atoms with Crippen molar-refractivity contribution >= 4 is 17.2 Å². The van der Waals surface area contributed by atoms with Crippen molar-refractivity contribution in [2.45, 2.75) is 13.8 Å². The van der Waals surface area contributed by atoms with E-state index in [1.807, 2.05) is 53.1 Å². The number of aryl methyl sites for hydroxylation is 2. The molecule has 0 spiro atoms. The van der Waals surface area contributed by atoms with Gasteiger partial charge in [0.25, 0.3) is 0 Å². The van der Waals surface area contributed by atoms with Crippen LogP contribution in [0.15, 0.2) is 66.9 Å². The molecule has 0 aliphatic heterocycles. The number of fused-ring (bicyclic) bond motifs is 1. The molecule has 0 aliphatic rings. The molecular formula is C21H19N3O. The lowest BCUT2D eigenvalue weighted by Crippen LogP contribution is -1.97. The fourth-order valence-electron chi connectivity index (χ4n) is 2.91. The van der Waals surface area contributed by atoms with Crippen molar-refractivity contribution in [2.24, 2.45) is 0 Å². The van der Waals surface area contributed by atoms with Crippen LogP contribution >= 0.6 is 0 Å². The Labute approximate surface area is 146 Å². The van der Waals surface area contributed by atoms with Crippen LogP contribution in [0.1, 0.15) is 11.1 Å². The van der Waals surface area contributed by atoms with E-state index in [0.29, 0.717) is 5.56 Å². The minimum absolute atomic E-state index is 0.217. The predicted octanol–water partition coefficient (Wildman–Crippen LogP) is 5.07. The second-order valence-electron chi connectivity index (χ2n) is 6.25. The number of phenolic OH excluding ortho intramolecular Hbond substituents is 1. The highest BCUT2D eigenvalue weighted by atomic mass is 16.3. The number of hydrogen-bond donors (Lipinski definition) is 2. The molecule has 0 saturated heterocycles. The van der Waals surface area contributed by atoms with Gasteiger partial charge in [0.05, 0.1) is 0 Å². The van der Waals surface area contributed by atoms with Crippen LogP contribution in [0.2, 0.25) is 0 Å². The molecule has 4 aromatic rings. The summed E-state index contributed by atoms with van der Waals surface area (Å²) in [5, 5.41) is 13.8. The summed E-state index contributed by atoms with van der Waals surface area (Å²) in [6.45, 7) is 4.11. The highest BCUT2D eigenvalue weighted by Gasteiger charge is 2.17. The molecule has 2 N–H and O–H groups in total. The topological polar surface area (TPSA) is 49.6 Å². The predicted molar refractivity (Wildman–Crippen MR) is 101 cm³/mol. The van der Waals surface area contributed by atoms with E-state index < -0.39 is 0 Å². The molecule has 4 nitrogen and oxygen atoms in total. The molecule has 0 unspecified atom stereocenters. The summed E-state index contributed by atoms with van der Waals surface area (Å²) in [5.74, 6) is 1.05. The highest BCUT2D eigenvalue weighted by molar-refractivity contribution is 5.82. The lowest BCUT2D eigenvalue weighted by Gasteiger charge is -2.10. The van der Waals surface area contributed by atoms with Crippen LogP contribution in [0.25, 0.3) is 16.9 Å². The van der Waals surface area contributed by atoms with E-state index in [4.69, 9.17) is 4.98 Å². The molecule has 0 atom stereocenters. The van der Waals surface area contributed by atoms with Crippen LogP contribution in [0.4, 0.5) is 11.5 Å². The standard InChI is InChI=1S/C21H19N3O/c1-14-7-10-16(11-8-14)22-21-20(17-5-3-4-6-18(17)25)23-19-12-9-15(2)13-24(19)21/h3-13,22,25H,1-2H3. The Morgan fingerprint density at radius 2 is 1.60 bits per heavy atom. The van der Waals surface area contributed by atoms with Crippen molar-refractivity contribution in [1.82, 2.24) is 9.38 Å². The number of imidazole rings is 1. The number of benzene rings is 2. The van der Waals surface area contributed by atoms with Crippen molar-refractivity contribution in [1.29, 1.82) is 0 Å². The summed E-state index contributed by atoms with van der Waals surface area (Å²) in [6.07, 6.45) is 2.04. The molecule has 2 aromatic heterocycles. The number of pyridine rings is 1. The monoisotopic (exact) mass is 329 g/mol. The fourth-order valence-corrected chi connectivity index (χ4v) is 2.91. The Balaban J connectivity index is 1.93. The van der Waals surface area contributed by atoms with Crippen LogP contribution in [0.3, 0.4) is 0 Å². The van der Waals surface area contributed by atoms with Crippen LogP contribution in [-0.4, -0.2) is 14.5 Å². The zero-order valence-corrected chi connectivity index (χ0v) is 14.2. The molecule has 0 amide bonds. The number of anilines is 2. The minimum Gasteiger partial charge on any atom is -0.507 e. The average molecular weight is 329 g/mol. The van der Waals surface area contributed by atoms with Gasteiger partial charge in [-0.1, -0.05) is 35.9 Å². The van der Waals surface area contributed by atoms with Gasteiger partial charge in [-0.2, -0.15) is 0 Å². The lowest BCUT2D eigenvalue weighted by molar-refractivity contribution is 0.477. The van der Waals surface area contributed by atoms with E-state index in [2.05, 4.69) is 31.3 Å². The smallest absolute Gasteiger partial charge is 0.143 e. The maximum atomic E-state index is 10.3. The van der Waals surface area contributed by atoms with Crippen molar-refractivity contribution < 1.29 is 5.11 Å². The minimum atomic E-state index is 0.217. The number of rotatable bonds is 3. The molecular weight excluding hydrogens is 310 g/mol. The molecule has 25 heavy (non-hydrogen) atoms. The van der Waals surface area contributed by atoms with Gasteiger partial charge in [0.2, 0.25) is 0 Å². The van der Waals surface area contributed by atoms with E-state index in [-0.39, 0.29) is 5.75 Å². The van der Waals surface area contributed by atoms with Gasteiger partial charge in [0.1, 0.15) is 22.9 Å². The van der Waals surface area contributed by atoms with Crippen LogP contribution < -0.4 is 5.32 Å². The van der Waals surface area contributed by atoms with E-state index in [9.17, 15) is 5.11 Å². The summed E-state index contributed by atoms with van der Waals surface area (Å²) < 4.78 is 2.02. The van der Waals surface area contributed by atoms with Gasteiger partial charge >= 0.3 is 0 Å². The number of phenols is 1. The molecule has 0 radical (unpaired) electrons. The Hall–Kier alpha value is -3.27. The first kappa shape index (κ1) is 15.3. The van der Waals surface area contributed by atoms with E-state index in [0.717, 1.165) is 28.4 Å². The Kier molecular flexibility index (Phi) is 3.65. The van der Waals surface area contributed by atoms with Crippen LogP contribution in [0, 0.1) is 13.8 Å². The molecule has 0 bridgehead atoms. The lowest BCUT2D eigenvalue weighted by atomic mass is 10.1. The van der Waals surface area contributed by atoms with Gasteiger partial charge < -0.3 is 10.4 Å². The van der Waals surface area contributed by atoms with Gasteiger partial charge in [-0.25, -0.2) is 4.98 Å². The van der Waals surface area contributed by atoms with Crippen LogP contribution in [0.5, 0.6) is 5.75 Å². The van der Waals surface area contributed by atoms with Gasteiger partial charge in [0.15, 0.2) is 0 Å². The van der Waals surface area contributed by atoms with Crippen molar-refractivity contribution in [3.63, 3.8) is 0 Å². The largest absolute Gasteiger partial charge is 0.507 e. The molecule has 0 fully saturated rings. The first-order valence-corrected chi connectivity index (χ1v) is 8.22. The van der Waals surface area contributed by atoms with E-state index in [1.54, 1.807) is 6.07 Å². The maximum absolute atomic E-state index is 10.3. The second-order valence-corrected chi connectivity index (χ2v) is 6.25. The number of para-hydroxylation sites is 1. The maximum Gasteiger partial charge on any atom is 0.143 e. The summed E-state index contributed by atoms with van der Waals surface area (Å²) >= 11 is 0. The van der Waals surface area contributed by atoms with Crippen molar-refractivity contribution in [3.05, 3.63) is 78.0 Å². The first-order valence-electron chi connectivity index (χ1n) is 8.22. The third kappa shape index (κ3) is 2.83. The molecule has 4 heteroatoms. The van der Waals surface area contributed by atoms with Crippen molar-refractivity contribution in [3.8, 4) is 17.0 Å². The Bertz CT molecular complexity index is 1050. The third-order valence-electron chi connectivity index (χ3n) is 4.24. The normalized spacial score (nSPS) is 11.0. The van der Waals surface area contributed by atoms with Gasteiger partial charge in [-0.3, -0.25) is 4.40 Å². The summed E-state index contributed by atoms with van der Waals surface area (Å²) in [6, 6.07) is 19.5. The molecule has 0 saturated carbocycles. The van der Waals surface area contributed by atoms with Gasteiger partial charge in [0, 0.05) is 17.4 Å². The fraction of sp³-hybridized carbons (Fsp3) is 0.0952. The first-order chi connectivity index (χ1) is 12.1. The number of hydrogen-bond acceptors (Lipinski definition) is 3. The van der Waals surface area contributed by atoms with Crippen molar-refractivity contribution in [2.75, 3.05) is 5.32 Å². The number of nitrogens with one attached hydrogen (secondary N) is 1. The van der Waals surface area contributed by atoms with Gasteiger partial charge in [-0.05, 0) is 49.7 Å². The summed E-state index contributed by atoms with van der Waals surface area (Å²) in [5.41, 5.74) is 5.59. The second kappa shape index (κ2) is 5.98. The number of aromatic nitrogens is 2. The molecule has 124 valence electrons. The Morgan fingerprint density at radius 3 is 2.36 bits per heavy atom. The number of aromatic hydroxyl groups is 1. The van der Waals surface area contributed by atoms with E-state index >= 15 is 0 Å². The molecule has 4 rings (SSSR count). The SMILES string of the molecule is Cc1ccc(Nc2c(-c3ccccc3O)nc3ccc(C)cn23)cc1. The molecule has 2 aromatic carbocycles. The summed E-state index contributed by atoms with van der Waals surface area (Å²) in [4.78, 5) is 4.74. The van der Waals surface area contributed by atoms with E-state index in [1.165, 1.54) is 5.56 Å². The van der Waals surface area contributed by atoms with Crippen LogP contribution in [-0.2, 0) is 0 Å². The quantitative estimate of drug-likeness (QED) is 0.552. The molecule has 0 aliphatic carbocycles. The number of nitrogens with zero attached hydrogens (tertiary/aromatic N) is 2. The third-order valence-corrected chi connectivity index (χ3v) is 4.24.